The standard InChI is InChI=1S/C15H17N5O2/c1-10-13(11(2)22-19-10)3-4-15(21)18-8-12-7-17-14-9-16-5-6-20(12)14/h5-7,9H,3-4,8H2,1-2H3,(H,18,21). The maximum absolute atomic E-state index is 12.0. The number of carbonyl (C=O) groups excluding carboxylic acids is 1. The summed E-state index contributed by atoms with van der Waals surface area (Å²) in [6.45, 7) is 4.18. The molecule has 1 N–H and O–H groups in total. The molecule has 0 fully saturated rings. The first-order valence-electron chi connectivity index (χ1n) is 7.09. The Kier molecular flexibility index (Phi) is 3.86. The largest absolute Gasteiger partial charge is 0.361 e. The number of hydrogen-bond donors (Lipinski definition) is 1. The van der Waals surface area contributed by atoms with E-state index in [9.17, 15) is 4.79 Å². The van der Waals surface area contributed by atoms with Crippen LogP contribution in [0.15, 0.2) is 29.3 Å². The lowest BCUT2D eigenvalue weighted by atomic mass is 10.1. The second-order valence-electron chi connectivity index (χ2n) is 5.13. The predicted molar refractivity (Wildman–Crippen MR) is 79.1 cm³/mol. The van der Waals surface area contributed by atoms with Crippen molar-refractivity contribution in [2.45, 2.75) is 33.2 Å². The average molecular weight is 299 g/mol. The van der Waals surface area contributed by atoms with E-state index in [1.165, 1.54) is 0 Å². The molecule has 0 aromatic carbocycles. The Morgan fingerprint density at radius 1 is 1.36 bits per heavy atom. The molecule has 7 nitrogen and oxygen atoms in total. The Labute approximate surface area is 127 Å². The Hall–Kier alpha value is -2.70. The summed E-state index contributed by atoms with van der Waals surface area (Å²) in [5, 5.41) is 6.80. The van der Waals surface area contributed by atoms with Crippen molar-refractivity contribution >= 4 is 11.6 Å². The second-order valence-corrected chi connectivity index (χ2v) is 5.13. The molecule has 0 atom stereocenters. The maximum Gasteiger partial charge on any atom is 0.220 e. The molecule has 3 aromatic heterocycles. The molecule has 3 aromatic rings. The van der Waals surface area contributed by atoms with Crippen molar-refractivity contribution in [3.05, 3.63) is 47.5 Å². The van der Waals surface area contributed by atoms with Gasteiger partial charge in [0, 0.05) is 24.4 Å². The Morgan fingerprint density at radius 3 is 3.00 bits per heavy atom. The normalized spacial score (nSPS) is 11.0. The summed E-state index contributed by atoms with van der Waals surface area (Å²) >= 11 is 0. The van der Waals surface area contributed by atoms with Gasteiger partial charge < -0.3 is 9.84 Å². The number of carbonyl (C=O) groups is 1. The van der Waals surface area contributed by atoms with Crippen molar-refractivity contribution in [1.29, 1.82) is 0 Å². The minimum absolute atomic E-state index is 0.0102. The number of aryl methyl sites for hydroxylation is 2. The topological polar surface area (TPSA) is 85.3 Å². The van der Waals surface area contributed by atoms with Crippen LogP contribution in [-0.4, -0.2) is 25.4 Å². The molecule has 7 heteroatoms. The fourth-order valence-electron chi connectivity index (χ4n) is 2.40. The molecule has 0 aliphatic rings. The van der Waals surface area contributed by atoms with Gasteiger partial charge in [-0.3, -0.25) is 14.2 Å². The second kappa shape index (κ2) is 5.97. The monoisotopic (exact) mass is 299 g/mol. The molecule has 114 valence electrons. The van der Waals surface area contributed by atoms with Gasteiger partial charge in [0.15, 0.2) is 5.65 Å². The van der Waals surface area contributed by atoms with Crippen LogP contribution in [0.5, 0.6) is 0 Å². The van der Waals surface area contributed by atoms with Crippen LogP contribution in [0.3, 0.4) is 0 Å². The molecule has 3 rings (SSSR count). The lowest BCUT2D eigenvalue weighted by molar-refractivity contribution is -0.121. The molecule has 0 aliphatic heterocycles. The van der Waals surface area contributed by atoms with E-state index in [2.05, 4.69) is 20.4 Å². The lowest BCUT2D eigenvalue weighted by Gasteiger charge is -2.05. The molecular formula is C15H17N5O2. The number of nitrogens with one attached hydrogen (secondary N) is 1. The molecule has 3 heterocycles. The third-order valence-corrected chi connectivity index (χ3v) is 3.64. The predicted octanol–water partition coefficient (Wildman–Crippen LogP) is 1.58. The number of amides is 1. The molecule has 0 radical (unpaired) electrons. The summed E-state index contributed by atoms with van der Waals surface area (Å²) in [7, 11) is 0. The molecule has 0 saturated heterocycles. The van der Waals surface area contributed by atoms with Crippen molar-refractivity contribution in [1.82, 2.24) is 24.8 Å². The summed E-state index contributed by atoms with van der Waals surface area (Å²) in [6, 6.07) is 0. The van der Waals surface area contributed by atoms with Crippen molar-refractivity contribution in [3.8, 4) is 0 Å². The number of aromatic nitrogens is 4. The van der Waals surface area contributed by atoms with Crippen LogP contribution in [0, 0.1) is 13.8 Å². The summed E-state index contributed by atoms with van der Waals surface area (Å²) in [4.78, 5) is 20.2. The van der Waals surface area contributed by atoms with Crippen molar-refractivity contribution in [2.24, 2.45) is 0 Å². The van der Waals surface area contributed by atoms with Crippen molar-refractivity contribution in [3.63, 3.8) is 0 Å². The number of hydrogen-bond acceptors (Lipinski definition) is 5. The Bertz CT molecular complexity index is 786. The van der Waals surface area contributed by atoms with E-state index in [4.69, 9.17) is 4.52 Å². The van der Waals surface area contributed by atoms with E-state index < -0.39 is 0 Å². The average Bonchev–Trinajstić information content (AvgIpc) is 3.07. The highest BCUT2D eigenvalue weighted by Crippen LogP contribution is 2.14. The number of imidazole rings is 1. The van der Waals surface area contributed by atoms with Gasteiger partial charge in [0.1, 0.15) is 5.76 Å². The Morgan fingerprint density at radius 2 is 2.23 bits per heavy atom. The molecule has 1 amide bonds. The van der Waals surface area contributed by atoms with Gasteiger partial charge in [0.25, 0.3) is 0 Å². The van der Waals surface area contributed by atoms with E-state index >= 15 is 0 Å². The minimum atomic E-state index is -0.0102. The SMILES string of the molecule is Cc1noc(C)c1CCC(=O)NCc1cnc2cnccn12. The van der Waals surface area contributed by atoms with Crippen LogP contribution in [0.25, 0.3) is 5.65 Å². The van der Waals surface area contributed by atoms with Crippen LogP contribution in [0.2, 0.25) is 0 Å². The molecule has 0 bridgehead atoms. The zero-order chi connectivity index (χ0) is 15.5. The highest BCUT2D eigenvalue weighted by Gasteiger charge is 2.11. The van der Waals surface area contributed by atoms with Crippen LogP contribution in [0.4, 0.5) is 0 Å². The van der Waals surface area contributed by atoms with E-state index in [0.717, 1.165) is 28.4 Å². The molecular weight excluding hydrogens is 282 g/mol. The van der Waals surface area contributed by atoms with E-state index in [1.807, 2.05) is 24.4 Å². The summed E-state index contributed by atoms with van der Waals surface area (Å²) in [5.41, 5.74) is 3.54. The lowest BCUT2D eigenvalue weighted by Crippen LogP contribution is -2.23. The first-order chi connectivity index (χ1) is 10.6. The van der Waals surface area contributed by atoms with Gasteiger partial charge in [-0.25, -0.2) is 4.98 Å². The quantitative estimate of drug-likeness (QED) is 0.773. The highest BCUT2D eigenvalue weighted by atomic mass is 16.5. The third kappa shape index (κ3) is 2.83. The fraction of sp³-hybridized carbons (Fsp3) is 0.333. The van der Waals surface area contributed by atoms with Gasteiger partial charge in [0.2, 0.25) is 5.91 Å². The molecule has 0 saturated carbocycles. The van der Waals surface area contributed by atoms with Gasteiger partial charge in [-0.05, 0) is 20.3 Å². The van der Waals surface area contributed by atoms with Gasteiger partial charge in [-0.1, -0.05) is 5.16 Å². The number of fused-ring (bicyclic) bond motifs is 1. The zero-order valence-corrected chi connectivity index (χ0v) is 12.5. The molecule has 22 heavy (non-hydrogen) atoms. The summed E-state index contributed by atoms with van der Waals surface area (Å²) in [6.07, 6.45) is 7.98. The minimum Gasteiger partial charge on any atom is -0.361 e. The van der Waals surface area contributed by atoms with E-state index in [1.54, 1.807) is 18.6 Å². The van der Waals surface area contributed by atoms with E-state index in [0.29, 0.717) is 19.4 Å². The molecule has 0 unspecified atom stereocenters. The zero-order valence-electron chi connectivity index (χ0n) is 12.5. The summed E-state index contributed by atoms with van der Waals surface area (Å²) in [5.74, 6) is 0.767. The van der Waals surface area contributed by atoms with Crippen LogP contribution in [-0.2, 0) is 17.8 Å². The first kappa shape index (κ1) is 14.2. The van der Waals surface area contributed by atoms with Gasteiger partial charge in [-0.15, -0.1) is 0 Å². The third-order valence-electron chi connectivity index (χ3n) is 3.64. The smallest absolute Gasteiger partial charge is 0.220 e. The number of rotatable bonds is 5. The van der Waals surface area contributed by atoms with Crippen LogP contribution >= 0.6 is 0 Å². The summed E-state index contributed by atoms with van der Waals surface area (Å²) < 4.78 is 7.00. The van der Waals surface area contributed by atoms with Gasteiger partial charge in [-0.2, -0.15) is 0 Å². The van der Waals surface area contributed by atoms with Crippen molar-refractivity contribution in [2.75, 3.05) is 0 Å². The Balaban J connectivity index is 1.56. The fourth-order valence-corrected chi connectivity index (χ4v) is 2.40. The number of nitrogens with zero attached hydrogens (tertiary/aromatic N) is 4. The maximum atomic E-state index is 12.0. The first-order valence-corrected chi connectivity index (χ1v) is 7.09. The highest BCUT2D eigenvalue weighted by molar-refractivity contribution is 5.76. The van der Waals surface area contributed by atoms with Gasteiger partial charge >= 0.3 is 0 Å². The molecule has 0 spiro atoms. The van der Waals surface area contributed by atoms with Gasteiger partial charge in [0.05, 0.1) is 30.3 Å². The molecule has 0 aliphatic carbocycles. The van der Waals surface area contributed by atoms with Crippen LogP contribution < -0.4 is 5.32 Å². The van der Waals surface area contributed by atoms with Crippen molar-refractivity contribution < 1.29 is 9.32 Å². The van der Waals surface area contributed by atoms with Crippen LogP contribution in [0.1, 0.15) is 29.1 Å². The van der Waals surface area contributed by atoms with E-state index in [-0.39, 0.29) is 5.91 Å².